The van der Waals surface area contributed by atoms with Crippen LogP contribution in [0.2, 0.25) is 0 Å². The number of carbonyl (C=O) groups is 3. The van der Waals surface area contributed by atoms with Crippen molar-refractivity contribution in [2.24, 2.45) is 5.92 Å². The van der Waals surface area contributed by atoms with Crippen molar-refractivity contribution < 1.29 is 29.7 Å². The molecule has 0 radical (unpaired) electrons. The van der Waals surface area contributed by atoms with E-state index in [2.05, 4.69) is 5.32 Å². The number of rotatable bonds is 5. The minimum Gasteiger partial charge on any atom is -0.481 e. The summed E-state index contributed by atoms with van der Waals surface area (Å²) in [5, 5.41) is 28.6. The van der Waals surface area contributed by atoms with E-state index in [1.807, 2.05) is 0 Å². The Kier molecular flexibility index (Phi) is 5.56. The summed E-state index contributed by atoms with van der Waals surface area (Å²) >= 11 is 0. The summed E-state index contributed by atoms with van der Waals surface area (Å²) in [7, 11) is 0. The molecule has 19 heavy (non-hydrogen) atoms. The second kappa shape index (κ2) is 6.93. The number of aliphatic hydroxyl groups excluding tert-OH is 1. The van der Waals surface area contributed by atoms with E-state index in [-0.39, 0.29) is 12.5 Å². The van der Waals surface area contributed by atoms with Crippen molar-refractivity contribution in [3.05, 3.63) is 0 Å². The zero-order valence-electron chi connectivity index (χ0n) is 10.4. The first kappa shape index (κ1) is 15.2. The number of urea groups is 1. The molecule has 0 aromatic heterocycles. The van der Waals surface area contributed by atoms with Crippen LogP contribution in [-0.2, 0) is 9.59 Å². The van der Waals surface area contributed by atoms with Crippen molar-refractivity contribution in [1.82, 2.24) is 10.2 Å². The maximum atomic E-state index is 11.8. The lowest BCUT2D eigenvalue weighted by atomic mass is 9.98. The van der Waals surface area contributed by atoms with Gasteiger partial charge in [0.15, 0.2) is 0 Å². The average Bonchev–Trinajstić information content (AvgIpc) is 2.37. The second-order valence-electron chi connectivity index (χ2n) is 4.55. The molecule has 8 nitrogen and oxygen atoms in total. The number of aliphatic carboxylic acids is 2. The van der Waals surface area contributed by atoms with Gasteiger partial charge in [0.1, 0.15) is 6.04 Å². The van der Waals surface area contributed by atoms with Crippen LogP contribution in [0.3, 0.4) is 0 Å². The van der Waals surface area contributed by atoms with Crippen molar-refractivity contribution >= 4 is 18.0 Å². The fourth-order valence-corrected chi connectivity index (χ4v) is 1.93. The second-order valence-corrected chi connectivity index (χ2v) is 4.55. The Balaban J connectivity index is 2.48. The fraction of sp³-hybridized carbons (Fsp3) is 0.727. The van der Waals surface area contributed by atoms with E-state index in [9.17, 15) is 14.4 Å². The predicted molar refractivity (Wildman–Crippen MR) is 63.6 cm³/mol. The highest BCUT2D eigenvalue weighted by Gasteiger charge is 2.27. The maximum absolute atomic E-state index is 11.8. The number of aliphatic hydroxyl groups is 1. The highest BCUT2D eigenvalue weighted by molar-refractivity contribution is 5.86. The Morgan fingerprint density at radius 1 is 1.21 bits per heavy atom. The van der Waals surface area contributed by atoms with Crippen LogP contribution in [0.4, 0.5) is 4.79 Å². The van der Waals surface area contributed by atoms with Crippen LogP contribution in [0.15, 0.2) is 0 Å². The third-order valence-electron chi connectivity index (χ3n) is 3.13. The number of amides is 2. The molecule has 1 atom stereocenters. The van der Waals surface area contributed by atoms with Crippen LogP contribution >= 0.6 is 0 Å². The fourth-order valence-electron chi connectivity index (χ4n) is 1.93. The van der Waals surface area contributed by atoms with Gasteiger partial charge < -0.3 is 25.5 Å². The lowest BCUT2D eigenvalue weighted by Crippen LogP contribution is -2.51. The predicted octanol–water partition coefficient (Wildman–Crippen LogP) is -0.672. The molecule has 0 aromatic rings. The minimum absolute atomic E-state index is 0.0756. The van der Waals surface area contributed by atoms with E-state index in [4.69, 9.17) is 15.3 Å². The van der Waals surface area contributed by atoms with Crippen molar-refractivity contribution in [2.45, 2.75) is 25.3 Å². The van der Waals surface area contributed by atoms with Gasteiger partial charge in [0.2, 0.25) is 0 Å². The minimum atomic E-state index is -1.43. The molecule has 0 aliphatic carbocycles. The van der Waals surface area contributed by atoms with Gasteiger partial charge in [-0.2, -0.15) is 0 Å². The van der Waals surface area contributed by atoms with Gasteiger partial charge in [-0.3, -0.25) is 4.79 Å². The van der Waals surface area contributed by atoms with Gasteiger partial charge in [-0.25, -0.2) is 9.59 Å². The maximum Gasteiger partial charge on any atom is 0.326 e. The standard InChI is InChI=1S/C11H18N2O6/c14-6-7-1-3-13(4-2-7)11(19)12-8(10(17)18)5-9(15)16/h7-8,14H,1-6H2,(H,12,19)(H,15,16)(H,17,18). The summed E-state index contributed by atoms with van der Waals surface area (Å²) in [5.74, 6) is -2.49. The number of nitrogens with one attached hydrogen (secondary N) is 1. The molecule has 108 valence electrons. The number of hydrogen-bond donors (Lipinski definition) is 4. The number of nitrogens with zero attached hydrogens (tertiary/aromatic N) is 1. The third kappa shape index (κ3) is 4.74. The monoisotopic (exact) mass is 274 g/mol. The molecule has 1 aliphatic heterocycles. The van der Waals surface area contributed by atoms with Crippen LogP contribution in [0.5, 0.6) is 0 Å². The molecular weight excluding hydrogens is 256 g/mol. The van der Waals surface area contributed by atoms with Gasteiger partial charge in [-0.05, 0) is 18.8 Å². The van der Waals surface area contributed by atoms with E-state index in [1.54, 1.807) is 0 Å². The SMILES string of the molecule is O=C(O)CC(NC(=O)N1CCC(CO)CC1)C(=O)O. The summed E-state index contributed by atoms with van der Waals surface area (Å²) in [6.45, 7) is 0.930. The summed E-state index contributed by atoms with van der Waals surface area (Å²) in [6.07, 6.45) is 0.648. The van der Waals surface area contributed by atoms with E-state index in [1.165, 1.54) is 4.90 Å². The third-order valence-corrected chi connectivity index (χ3v) is 3.13. The Bertz CT molecular complexity index is 351. The van der Waals surface area contributed by atoms with Crippen LogP contribution in [0.25, 0.3) is 0 Å². The molecular formula is C11H18N2O6. The first-order valence-electron chi connectivity index (χ1n) is 6.05. The molecule has 0 bridgehead atoms. The molecule has 1 unspecified atom stereocenters. The Morgan fingerprint density at radius 2 is 1.79 bits per heavy atom. The molecule has 4 N–H and O–H groups in total. The van der Waals surface area contributed by atoms with Crippen molar-refractivity contribution in [2.75, 3.05) is 19.7 Å². The van der Waals surface area contributed by atoms with Crippen molar-refractivity contribution in [3.8, 4) is 0 Å². The number of carbonyl (C=O) groups excluding carboxylic acids is 1. The molecule has 1 saturated heterocycles. The molecule has 1 heterocycles. The van der Waals surface area contributed by atoms with Gasteiger partial charge in [-0.15, -0.1) is 0 Å². The quantitative estimate of drug-likeness (QED) is 0.526. The molecule has 1 rings (SSSR count). The lowest BCUT2D eigenvalue weighted by molar-refractivity contribution is -0.145. The first-order chi connectivity index (χ1) is 8.93. The zero-order chi connectivity index (χ0) is 14.4. The summed E-state index contributed by atoms with van der Waals surface area (Å²) in [4.78, 5) is 34.5. The molecule has 1 fully saturated rings. The largest absolute Gasteiger partial charge is 0.481 e. The van der Waals surface area contributed by atoms with Crippen molar-refractivity contribution in [1.29, 1.82) is 0 Å². The van der Waals surface area contributed by atoms with Crippen molar-refractivity contribution in [3.63, 3.8) is 0 Å². The van der Waals surface area contributed by atoms with E-state index >= 15 is 0 Å². The van der Waals surface area contributed by atoms with Crippen LogP contribution in [0.1, 0.15) is 19.3 Å². The Hall–Kier alpha value is -1.83. The van der Waals surface area contributed by atoms with Crippen LogP contribution in [-0.4, -0.2) is 63.9 Å². The van der Waals surface area contributed by atoms with E-state index in [0.29, 0.717) is 25.9 Å². The summed E-state index contributed by atoms with van der Waals surface area (Å²) < 4.78 is 0. The lowest BCUT2D eigenvalue weighted by Gasteiger charge is -2.31. The van der Waals surface area contributed by atoms with E-state index < -0.39 is 30.4 Å². The zero-order valence-corrected chi connectivity index (χ0v) is 10.4. The number of piperidine rings is 1. The number of likely N-dealkylation sites (tertiary alicyclic amines) is 1. The molecule has 0 saturated carbocycles. The normalized spacial score (nSPS) is 17.8. The van der Waals surface area contributed by atoms with Gasteiger partial charge in [0.05, 0.1) is 6.42 Å². The highest BCUT2D eigenvalue weighted by atomic mass is 16.4. The van der Waals surface area contributed by atoms with E-state index in [0.717, 1.165) is 0 Å². The Morgan fingerprint density at radius 3 is 2.21 bits per heavy atom. The molecule has 2 amide bonds. The van der Waals surface area contributed by atoms with Crippen LogP contribution < -0.4 is 5.32 Å². The first-order valence-corrected chi connectivity index (χ1v) is 6.05. The van der Waals surface area contributed by atoms with Gasteiger partial charge in [0, 0.05) is 19.7 Å². The number of hydrogen-bond acceptors (Lipinski definition) is 4. The molecule has 1 aliphatic rings. The van der Waals surface area contributed by atoms with Gasteiger partial charge in [-0.1, -0.05) is 0 Å². The molecule has 0 aromatic carbocycles. The summed E-state index contributed by atoms with van der Waals surface area (Å²) in [6, 6.07) is -2.01. The number of carboxylic acids is 2. The van der Waals surface area contributed by atoms with Crippen LogP contribution in [0, 0.1) is 5.92 Å². The van der Waals surface area contributed by atoms with Gasteiger partial charge in [0.25, 0.3) is 0 Å². The molecule has 8 heteroatoms. The highest BCUT2D eigenvalue weighted by Crippen LogP contribution is 2.16. The molecule has 0 spiro atoms. The number of carboxylic acid groups (broad SMARTS) is 2. The summed E-state index contributed by atoms with van der Waals surface area (Å²) in [5.41, 5.74) is 0. The Labute approximate surface area is 110 Å². The average molecular weight is 274 g/mol. The van der Waals surface area contributed by atoms with Gasteiger partial charge >= 0.3 is 18.0 Å². The topological polar surface area (TPSA) is 127 Å². The smallest absolute Gasteiger partial charge is 0.326 e.